The van der Waals surface area contributed by atoms with E-state index in [1.165, 1.54) is 7.11 Å². The first-order valence-electron chi connectivity index (χ1n) is 5.90. The second kappa shape index (κ2) is 4.76. The van der Waals surface area contributed by atoms with Gasteiger partial charge in [-0.1, -0.05) is 6.07 Å². The molecule has 0 radical (unpaired) electrons. The van der Waals surface area contributed by atoms with Crippen LogP contribution in [0.5, 0.6) is 0 Å². The lowest BCUT2D eigenvalue weighted by Crippen LogP contribution is -2.45. The normalized spacial score (nSPS) is 19.9. The minimum atomic E-state index is -4.78. The first-order chi connectivity index (χ1) is 8.80. The summed E-state index contributed by atoms with van der Waals surface area (Å²) in [5, 5.41) is 10.2. The summed E-state index contributed by atoms with van der Waals surface area (Å²) in [6.45, 7) is 0. The number of aliphatic hydroxyl groups is 1. The third-order valence-corrected chi connectivity index (χ3v) is 3.72. The summed E-state index contributed by atoms with van der Waals surface area (Å²) in [5.41, 5.74) is -2.19. The zero-order chi connectivity index (χ0) is 14.3. The zero-order valence-electron chi connectivity index (χ0n) is 10.3. The van der Waals surface area contributed by atoms with Gasteiger partial charge >= 0.3 is 6.18 Å². The highest BCUT2D eigenvalue weighted by Gasteiger charge is 2.45. The lowest BCUT2D eigenvalue weighted by molar-refractivity contribution is -0.153. The van der Waals surface area contributed by atoms with Crippen LogP contribution in [0.4, 0.5) is 17.6 Å². The number of hydrogen-bond acceptors (Lipinski definition) is 2. The molecule has 0 heterocycles. The molecule has 106 valence electrons. The van der Waals surface area contributed by atoms with Crippen LogP contribution < -0.4 is 0 Å². The summed E-state index contributed by atoms with van der Waals surface area (Å²) in [4.78, 5) is 0. The fourth-order valence-corrected chi connectivity index (χ4v) is 2.35. The molecular formula is C13H14F4O2. The maximum atomic E-state index is 13.2. The van der Waals surface area contributed by atoms with E-state index in [0.717, 1.165) is 18.6 Å². The number of alkyl halides is 3. The van der Waals surface area contributed by atoms with E-state index in [-0.39, 0.29) is 5.56 Å². The van der Waals surface area contributed by atoms with E-state index >= 15 is 0 Å². The molecule has 1 saturated carbocycles. The van der Waals surface area contributed by atoms with Crippen molar-refractivity contribution in [3.63, 3.8) is 0 Å². The number of halogens is 4. The highest BCUT2D eigenvalue weighted by molar-refractivity contribution is 5.30. The molecule has 0 aliphatic heterocycles. The summed E-state index contributed by atoms with van der Waals surface area (Å²) in [6.07, 6.45) is -3.97. The highest BCUT2D eigenvalue weighted by atomic mass is 19.4. The van der Waals surface area contributed by atoms with Crippen LogP contribution >= 0.6 is 0 Å². The molecule has 1 aromatic carbocycles. The van der Waals surface area contributed by atoms with Crippen LogP contribution in [-0.2, 0) is 10.9 Å². The molecule has 0 saturated heterocycles. The van der Waals surface area contributed by atoms with Crippen LogP contribution in [-0.4, -0.2) is 17.8 Å². The van der Waals surface area contributed by atoms with Gasteiger partial charge in [-0.25, -0.2) is 4.39 Å². The number of ether oxygens (including phenoxy) is 1. The summed E-state index contributed by atoms with van der Waals surface area (Å²) < 4.78 is 56.2. The van der Waals surface area contributed by atoms with Gasteiger partial charge in [0.05, 0.1) is 11.2 Å². The molecule has 2 rings (SSSR count). The van der Waals surface area contributed by atoms with Gasteiger partial charge in [-0.05, 0) is 37.0 Å². The Morgan fingerprint density at radius 2 is 1.95 bits per heavy atom. The van der Waals surface area contributed by atoms with Crippen LogP contribution in [0.25, 0.3) is 0 Å². The van der Waals surface area contributed by atoms with Crippen LogP contribution in [0.2, 0.25) is 0 Å². The van der Waals surface area contributed by atoms with Crippen molar-refractivity contribution < 1.29 is 27.4 Å². The van der Waals surface area contributed by atoms with Gasteiger partial charge in [-0.3, -0.25) is 0 Å². The van der Waals surface area contributed by atoms with Gasteiger partial charge in [-0.2, -0.15) is 13.2 Å². The second-order valence-corrected chi connectivity index (χ2v) is 4.76. The zero-order valence-corrected chi connectivity index (χ0v) is 10.3. The van der Waals surface area contributed by atoms with E-state index in [9.17, 15) is 22.7 Å². The Bertz CT molecular complexity index is 461. The van der Waals surface area contributed by atoms with Gasteiger partial charge in [0.2, 0.25) is 0 Å². The van der Waals surface area contributed by atoms with Crippen molar-refractivity contribution in [3.05, 3.63) is 35.1 Å². The predicted molar refractivity (Wildman–Crippen MR) is 60.0 cm³/mol. The Kier molecular flexibility index (Phi) is 3.57. The van der Waals surface area contributed by atoms with Crippen molar-refractivity contribution in [1.29, 1.82) is 0 Å². The largest absolute Gasteiger partial charge is 0.419 e. The smallest absolute Gasteiger partial charge is 0.385 e. The topological polar surface area (TPSA) is 29.5 Å². The number of rotatable bonds is 3. The summed E-state index contributed by atoms with van der Waals surface area (Å²) in [6, 6.07) is 2.54. The second-order valence-electron chi connectivity index (χ2n) is 4.76. The summed E-state index contributed by atoms with van der Waals surface area (Å²) >= 11 is 0. The van der Waals surface area contributed by atoms with E-state index in [1.54, 1.807) is 0 Å². The van der Waals surface area contributed by atoms with Gasteiger partial charge in [-0.15, -0.1) is 0 Å². The lowest BCUT2D eigenvalue weighted by Gasteiger charge is -2.44. The Balaban J connectivity index is 2.36. The quantitative estimate of drug-likeness (QED) is 0.858. The van der Waals surface area contributed by atoms with E-state index in [1.807, 2.05) is 0 Å². The minimum absolute atomic E-state index is 0.0234. The monoisotopic (exact) mass is 278 g/mol. The molecule has 19 heavy (non-hydrogen) atoms. The Morgan fingerprint density at radius 1 is 1.32 bits per heavy atom. The molecule has 1 aliphatic rings. The van der Waals surface area contributed by atoms with Gasteiger partial charge < -0.3 is 9.84 Å². The average molecular weight is 278 g/mol. The first-order valence-corrected chi connectivity index (χ1v) is 5.90. The van der Waals surface area contributed by atoms with E-state index in [0.29, 0.717) is 18.9 Å². The van der Waals surface area contributed by atoms with Crippen molar-refractivity contribution in [2.45, 2.75) is 37.1 Å². The SMILES string of the molecule is COC1(C(O)c2ccc(F)c(C(F)(F)F)c2)CCC1. The van der Waals surface area contributed by atoms with Crippen molar-refractivity contribution in [2.24, 2.45) is 0 Å². The Morgan fingerprint density at radius 3 is 2.37 bits per heavy atom. The van der Waals surface area contributed by atoms with Gasteiger partial charge in [0.1, 0.15) is 11.9 Å². The van der Waals surface area contributed by atoms with Crippen molar-refractivity contribution in [1.82, 2.24) is 0 Å². The molecule has 0 amide bonds. The molecule has 0 bridgehead atoms. The van der Waals surface area contributed by atoms with E-state index in [4.69, 9.17) is 4.74 Å². The maximum Gasteiger partial charge on any atom is 0.419 e. The molecule has 1 fully saturated rings. The molecule has 2 nitrogen and oxygen atoms in total. The van der Waals surface area contributed by atoms with E-state index < -0.39 is 29.3 Å². The number of aliphatic hydroxyl groups excluding tert-OH is 1. The molecule has 6 heteroatoms. The number of benzene rings is 1. The van der Waals surface area contributed by atoms with Crippen molar-refractivity contribution in [3.8, 4) is 0 Å². The molecule has 1 aromatic rings. The van der Waals surface area contributed by atoms with E-state index in [2.05, 4.69) is 0 Å². The predicted octanol–water partition coefficient (Wildman–Crippen LogP) is 3.45. The fourth-order valence-electron chi connectivity index (χ4n) is 2.35. The van der Waals surface area contributed by atoms with Crippen molar-refractivity contribution >= 4 is 0 Å². The third kappa shape index (κ3) is 2.47. The average Bonchev–Trinajstić information content (AvgIpc) is 2.27. The van der Waals surface area contributed by atoms with Crippen LogP contribution in [0, 0.1) is 5.82 Å². The van der Waals surface area contributed by atoms with Crippen LogP contribution in [0.15, 0.2) is 18.2 Å². The molecule has 0 spiro atoms. The summed E-state index contributed by atoms with van der Waals surface area (Å²) in [7, 11) is 1.41. The number of hydrogen-bond donors (Lipinski definition) is 1. The maximum absolute atomic E-state index is 13.2. The van der Waals surface area contributed by atoms with Crippen LogP contribution in [0.3, 0.4) is 0 Å². The van der Waals surface area contributed by atoms with Crippen molar-refractivity contribution in [2.75, 3.05) is 7.11 Å². The fraction of sp³-hybridized carbons (Fsp3) is 0.538. The standard InChI is InChI=1S/C13H14F4O2/c1-19-12(5-2-6-12)11(18)8-3-4-10(14)9(7-8)13(15,16)17/h3-4,7,11,18H,2,5-6H2,1H3. The molecule has 1 unspecified atom stereocenters. The third-order valence-electron chi connectivity index (χ3n) is 3.72. The number of methoxy groups -OCH3 is 1. The molecule has 1 atom stereocenters. The Labute approximate surface area is 108 Å². The molecule has 1 aliphatic carbocycles. The summed E-state index contributed by atoms with van der Waals surface area (Å²) in [5.74, 6) is -1.34. The molecular weight excluding hydrogens is 264 g/mol. The Hall–Kier alpha value is -1.14. The van der Waals surface area contributed by atoms with Crippen LogP contribution in [0.1, 0.15) is 36.5 Å². The highest BCUT2D eigenvalue weighted by Crippen LogP contribution is 2.45. The first kappa shape index (κ1) is 14.3. The lowest BCUT2D eigenvalue weighted by atomic mass is 9.73. The molecule has 1 N–H and O–H groups in total. The minimum Gasteiger partial charge on any atom is -0.385 e. The van der Waals surface area contributed by atoms with Gasteiger partial charge in [0.15, 0.2) is 0 Å². The van der Waals surface area contributed by atoms with Gasteiger partial charge in [0.25, 0.3) is 0 Å². The van der Waals surface area contributed by atoms with Gasteiger partial charge in [0, 0.05) is 7.11 Å². The molecule has 0 aromatic heterocycles.